The number of Topliss-reactive ketones (excluding diaryl/α,β-unsaturated/α-hetero) is 1. The Kier molecular flexibility index (Phi) is 9.35. The van der Waals surface area contributed by atoms with Crippen molar-refractivity contribution in [2.24, 2.45) is 5.73 Å². The number of hydrogen-bond donors (Lipinski definition) is 1. The fourth-order valence-corrected chi connectivity index (χ4v) is 3.59. The van der Waals surface area contributed by atoms with E-state index < -0.39 is 5.82 Å². The second-order valence-electron chi connectivity index (χ2n) is 6.71. The molecule has 0 aliphatic heterocycles. The van der Waals surface area contributed by atoms with Gasteiger partial charge in [0.1, 0.15) is 18.2 Å². The van der Waals surface area contributed by atoms with Crippen LogP contribution in [0.1, 0.15) is 45.4 Å². The first kappa shape index (κ1) is 23.4. The van der Waals surface area contributed by atoms with E-state index in [9.17, 15) is 9.18 Å². The number of unbranched alkanes of at least 4 members (excludes halogenated alkanes) is 3. The van der Waals surface area contributed by atoms with E-state index in [0.717, 1.165) is 25.7 Å². The fraction of sp³-hybridized carbons (Fsp3) is 0.429. The molecule has 0 aliphatic carbocycles. The molecule has 0 radical (unpaired) electrons. The molecule has 1 aromatic heterocycles. The number of allylic oxidation sites excluding steroid dienone is 2. The van der Waals surface area contributed by atoms with Crippen molar-refractivity contribution in [1.82, 2.24) is 14.8 Å². The highest BCUT2D eigenvalue weighted by atomic mass is 32.2. The van der Waals surface area contributed by atoms with Gasteiger partial charge in [0, 0.05) is 12.2 Å². The number of rotatable bonds is 12. The monoisotopic (exact) mass is 431 g/mol. The van der Waals surface area contributed by atoms with Gasteiger partial charge in [0.2, 0.25) is 0 Å². The Morgan fingerprint density at radius 2 is 2.07 bits per heavy atom. The van der Waals surface area contributed by atoms with Gasteiger partial charge in [-0.05, 0) is 25.5 Å². The minimum atomic E-state index is -0.445. The SMILES string of the molecule is CCCCCCn1c(COc2ccccc2F)nnc1SCC(=O)/C(C#N)=C(/C)N. The summed E-state index contributed by atoms with van der Waals surface area (Å²) in [4.78, 5) is 12.2. The van der Waals surface area contributed by atoms with Crippen LogP contribution >= 0.6 is 11.8 Å². The summed E-state index contributed by atoms with van der Waals surface area (Å²) in [6, 6.07) is 8.02. The van der Waals surface area contributed by atoms with Gasteiger partial charge in [0.15, 0.2) is 28.3 Å². The highest BCUT2D eigenvalue weighted by Gasteiger charge is 2.17. The molecule has 0 bridgehead atoms. The molecular formula is C21H26FN5O2S. The number of para-hydroxylation sites is 1. The van der Waals surface area contributed by atoms with Crippen LogP contribution < -0.4 is 10.5 Å². The van der Waals surface area contributed by atoms with Gasteiger partial charge in [-0.3, -0.25) is 4.79 Å². The Morgan fingerprint density at radius 1 is 1.30 bits per heavy atom. The lowest BCUT2D eigenvalue weighted by Crippen LogP contribution is -2.12. The highest BCUT2D eigenvalue weighted by Crippen LogP contribution is 2.22. The van der Waals surface area contributed by atoms with Gasteiger partial charge >= 0.3 is 0 Å². The van der Waals surface area contributed by atoms with Crippen molar-refractivity contribution < 1.29 is 13.9 Å². The average molecular weight is 432 g/mol. The quantitative estimate of drug-likeness (QED) is 0.234. The molecule has 2 N–H and O–H groups in total. The van der Waals surface area contributed by atoms with Gasteiger partial charge < -0.3 is 15.0 Å². The number of carbonyl (C=O) groups excluding carboxylic acids is 1. The van der Waals surface area contributed by atoms with E-state index in [1.54, 1.807) is 18.2 Å². The second-order valence-corrected chi connectivity index (χ2v) is 7.65. The van der Waals surface area contributed by atoms with Crippen LogP contribution in [0.3, 0.4) is 0 Å². The van der Waals surface area contributed by atoms with Crippen molar-refractivity contribution in [1.29, 1.82) is 5.26 Å². The number of nitrogens with two attached hydrogens (primary N) is 1. The topological polar surface area (TPSA) is 107 Å². The summed E-state index contributed by atoms with van der Waals surface area (Å²) in [5, 5.41) is 18.0. The van der Waals surface area contributed by atoms with E-state index in [4.69, 9.17) is 15.7 Å². The molecule has 9 heteroatoms. The summed E-state index contributed by atoms with van der Waals surface area (Å²) < 4.78 is 21.3. The van der Waals surface area contributed by atoms with E-state index in [-0.39, 0.29) is 35.2 Å². The molecule has 0 spiro atoms. The third-order valence-corrected chi connectivity index (χ3v) is 5.31. The predicted molar refractivity (Wildman–Crippen MR) is 113 cm³/mol. The number of halogens is 1. The molecule has 0 saturated carbocycles. The Hall–Kier alpha value is -2.86. The molecule has 1 heterocycles. The first-order valence-electron chi connectivity index (χ1n) is 9.79. The molecule has 0 unspecified atom stereocenters. The normalized spacial score (nSPS) is 11.7. The van der Waals surface area contributed by atoms with Gasteiger partial charge in [0.25, 0.3) is 0 Å². The van der Waals surface area contributed by atoms with Crippen molar-refractivity contribution in [2.45, 2.75) is 57.8 Å². The Labute approximate surface area is 180 Å². The molecule has 1 aromatic carbocycles. The van der Waals surface area contributed by atoms with E-state index in [0.29, 0.717) is 17.5 Å². The Bertz CT molecular complexity index is 932. The van der Waals surface area contributed by atoms with Gasteiger partial charge in [-0.25, -0.2) is 4.39 Å². The molecule has 2 aromatic rings. The van der Waals surface area contributed by atoms with Crippen LogP contribution in [0.2, 0.25) is 0 Å². The minimum absolute atomic E-state index is 0.0265. The molecule has 30 heavy (non-hydrogen) atoms. The summed E-state index contributed by atoms with van der Waals surface area (Å²) in [7, 11) is 0. The largest absolute Gasteiger partial charge is 0.483 e. The van der Waals surface area contributed by atoms with Crippen LogP contribution in [0.15, 0.2) is 40.7 Å². The summed E-state index contributed by atoms with van der Waals surface area (Å²) in [6.07, 6.45) is 4.21. The van der Waals surface area contributed by atoms with Gasteiger partial charge in [-0.15, -0.1) is 10.2 Å². The van der Waals surface area contributed by atoms with Crippen molar-refractivity contribution in [3.8, 4) is 11.8 Å². The molecule has 0 fully saturated rings. The predicted octanol–water partition coefficient (Wildman–Crippen LogP) is 3.99. The van der Waals surface area contributed by atoms with Gasteiger partial charge in [-0.2, -0.15) is 5.26 Å². The summed E-state index contributed by atoms with van der Waals surface area (Å²) in [5.41, 5.74) is 5.75. The Balaban J connectivity index is 2.12. The van der Waals surface area contributed by atoms with Crippen molar-refractivity contribution in [3.05, 3.63) is 47.2 Å². The number of nitriles is 1. The zero-order valence-corrected chi connectivity index (χ0v) is 18.0. The standard InChI is InChI=1S/C21H26FN5O2S/c1-3-4-5-8-11-27-20(13-29-19-10-7-6-9-17(19)22)25-26-21(27)30-14-18(28)16(12-23)15(2)24/h6-7,9-10H,3-5,8,11,13-14,24H2,1-2H3/b16-15-. The Morgan fingerprint density at radius 3 is 2.73 bits per heavy atom. The lowest BCUT2D eigenvalue weighted by atomic mass is 10.2. The molecular weight excluding hydrogens is 405 g/mol. The van der Waals surface area contributed by atoms with E-state index in [1.165, 1.54) is 24.8 Å². The molecule has 0 atom stereocenters. The second kappa shape index (κ2) is 12.0. The fourth-order valence-electron chi connectivity index (χ4n) is 2.73. The molecule has 0 aliphatic rings. The molecule has 0 amide bonds. The van der Waals surface area contributed by atoms with Crippen LogP contribution in [-0.4, -0.2) is 26.3 Å². The van der Waals surface area contributed by atoms with Crippen LogP contribution in [0.25, 0.3) is 0 Å². The number of carbonyl (C=O) groups is 1. The van der Waals surface area contributed by atoms with Gasteiger partial charge in [-0.1, -0.05) is 50.1 Å². The first-order chi connectivity index (χ1) is 14.5. The number of hydrogen-bond acceptors (Lipinski definition) is 7. The van der Waals surface area contributed by atoms with E-state index in [2.05, 4.69) is 17.1 Å². The van der Waals surface area contributed by atoms with Crippen LogP contribution in [0.5, 0.6) is 5.75 Å². The summed E-state index contributed by atoms with van der Waals surface area (Å²) in [5.74, 6) is -0.0779. The molecule has 0 saturated heterocycles. The van der Waals surface area contributed by atoms with Crippen molar-refractivity contribution in [3.63, 3.8) is 0 Å². The third kappa shape index (κ3) is 6.59. The smallest absolute Gasteiger partial charge is 0.191 e. The van der Waals surface area contributed by atoms with E-state index >= 15 is 0 Å². The maximum Gasteiger partial charge on any atom is 0.191 e. The number of ketones is 1. The van der Waals surface area contributed by atoms with Crippen molar-refractivity contribution in [2.75, 3.05) is 5.75 Å². The maximum atomic E-state index is 13.8. The lowest BCUT2D eigenvalue weighted by molar-refractivity contribution is -0.112. The zero-order chi connectivity index (χ0) is 21.9. The number of aromatic nitrogens is 3. The lowest BCUT2D eigenvalue weighted by Gasteiger charge is -2.11. The van der Waals surface area contributed by atoms with Crippen molar-refractivity contribution >= 4 is 17.5 Å². The maximum absolute atomic E-state index is 13.8. The summed E-state index contributed by atoms with van der Waals surface area (Å²) >= 11 is 1.20. The minimum Gasteiger partial charge on any atom is -0.483 e. The number of benzene rings is 1. The van der Waals surface area contributed by atoms with E-state index in [1.807, 2.05) is 10.6 Å². The average Bonchev–Trinajstić information content (AvgIpc) is 3.11. The van der Waals surface area contributed by atoms with Gasteiger partial charge in [0.05, 0.1) is 5.75 Å². The highest BCUT2D eigenvalue weighted by molar-refractivity contribution is 7.99. The number of ether oxygens (including phenoxy) is 1. The first-order valence-corrected chi connectivity index (χ1v) is 10.8. The molecule has 7 nitrogen and oxygen atoms in total. The number of thioether (sulfide) groups is 1. The molecule has 160 valence electrons. The third-order valence-electron chi connectivity index (χ3n) is 4.34. The van der Waals surface area contributed by atoms with Crippen LogP contribution in [-0.2, 0) is 17.9 Å². The molecule has 2 rings (SSSR count). The van der Waals surface area contributed by atoms with Crippen LogP contribution in [0.4, 0.5) is 4.39 Å². The zero-order valence-electron chi connectivity index (χ0n) is 17.2. The van der Waals surface area contributed by atoms with Crippen LogP contribution in [0, 0.1) is 17.1 Å². The number of nitrogens with zero attached hydrogens (tertiary/aromatic N) is 4. The summed E-state index contributed by atoms with van der Waals surface area (Å²) in [6.45, 7) is 4.38.